The van der Waals surface area contributed by atoms with Crippen LogP contribution in [-0.4, -0.2) is 18.5 Å². The number of carbonyl (C=O) groups excluding carboxylic acids is 2. The molecule has 2 rings (SSSR count). The van der Waals surface area contributed by atoms with Gasteiger partial charge < -0.3 is 9.47 Å². The van der Waals surface area contributed by atoms with Crippen LogP contribution in [0, 0.1) is 5.41 Å². The average molecular weight is 338 g/mol. The SMILES string of the molecule is CCC(C)(C)C(=O)OCC(=O)OC1(c2cccs2)CCCCC1. The van der Waals surface area contributed by atoms with E-state index >= 15 is 0 Å². The quantitative estimate of drug-likeness (QED) is 0.720. The first-order chi connectivity index (χ1) is 10.9. The third kappa shape index (κ3) is 4.34. The van der Waals surface area contributed by atoms with Gasteiger partial charge in [0.15, 0.2) is 6.61 Å². The molecule has 23 heavy (non-hydrogen) atoms. The second kappa shape index (κ2) is 7.47. The van der Waals surface area contributed by atoms with Gasteiger partial charge in [-0.05, 0) is 57.4 Å². The van der Waals surface area contributed by atoms with Crippen LogP contribution in [0.5, 0.6) is 0 Å². The van der Waals surface area contributed by atoms with Crippen LogP contribution in [0.3, 0.4) is 0 Å². The molecule has 0 atom stereocenters. The summed E-state index contributed by atoms with van der Waals surface area (Å²) in [6.07, 6.45) is 5.62. The molecule has 0 unspecified atom stereocenters. The summed E-state index contributed by atoms with van der Waals surface area (Å²) >= 11 is 1.62. The van der Waals surface area contributed by atoms with E-state index in [0.717, 1.165) is 30.6 Å². The molecule has 4 nitrogen and oxygen atoms in total. The predicted octanol–water partition coefficient (Wildman–Crippen LogP) is 4.43. The summed E-state index contributed by atoms with van der Waals surface area (Å²) in [5.41, 5.74) is -1.10. The van der Waals surface area contributed by atoms with E-state index in [0.29, 0.717) is 6.42 Å². The zero-order valence-electron chi connectivity index (χ0n) is 14.2. The van der Waals surface area contributed by atoms with Crippen molar-refractivity contribution < 1.29 is 19.1 Å². The molecule has 1 heterocycles. The maximum absolute atomic E-state index is 12.2. The van der Waals surface area contributed by atoms with Gasteiger partial charge in [0, 0.05) is 4.88 Å². The molecule has 128 valence electrons. The molecule has 0 spiro atoms. The normalized spacial score (nSPS) is 17.5. The van der Waals surface area contributed by atoms with Gasteiger partial charge >= 0.3 is 11.9 Å². The smallest absolute Gasteiger partial charge is 0.345 e. The second-order valence-corrected chi connectivity index (χ2v) is 7.77. The first-order valence-corrected chi connectivity index (χ1v) is 9.21. The number of hydrogen-bond acceptors (Lipinski definition) is 5. The summed E-state index contributed by atoms with van der Waals surface area (Å²) in [5, 5.41) is 2.00. The fourth-order valence-electron chi connectivity index (χ4n) is 2.77. The summed E-state index contributed by atoms with van der Waals surface area (Å²) in [6.45, 7) is 5.24. The Morgan fingerprint density at radius 3 is 2.52 bits per heavy atom. The Bertz CT molecular complexity index is 527. The summed E-state index contributed by atoms with van der Waals surface area (Å²) in [5.74, 6) is -0.814. The molecule has 0 saturated heterocycles. The fraction of sp³-hybridized carbons (Fsp3) is 0.667. The monoisotopic (exact) mass is 338 g/mol. The Morgan fingerprint density at radius 1 is 1.26 bits per heavy atom. The molecule has 1 aromatic heterocycles. The minimum Gasteiger partial charge on any atom is -0.453 e. The van der Waals surface area contributed by atoms with Crippen LogP contribution in [0.2, 0.25) is 0 Å². The maximum Gasteiger partial charge on any atom is 0.345 e. The van der Waals surface area contributed by atoms with E-state index in [9.17, 15) is 9.59 Å². The molecule has 1 aliphatic carbocycles. The molecular weight excluding hydrogens is 312 g/mol. The Hall–Kier alpha value is -1.36. The molecule has 0 radical (unpaired) electrons. The predicted molar refractivity (Wildman–Crippen MR) is 90.2 cm³/mol. The van der Waals surface area contributed by atoms with E-state index in [1.54, 1.807) is 11.3 Å². The molecule has 0 aliphatic heterocycles. The van der Waals surface area contributed by atoms with Crippen LogP contribution >= 0.6 is 11.3 Å². The van der Waals surface area contributed by atoms with E-state index in [4.69, 9.17) is 9.47 Å². The highest BCUT2D eigenvalue weighted by atomic mass is 32.1. The van der Waals surface area contributed by atoms with Crippen molar-refractivity contribution in [2.24, 2.45) is 5.41 Å². The number of hydrogen-bond donors (Lipinski definition) is 0. The van der Waals surface area contributed by atoms with E-state index in [1.807, 2.05) is 38.3 Å². The van der Waals surface area contributed by atoms with Gasteiger partial charge in [0.1, 0.15) is 5.60 Å². The highest BCUT2D eigenvalue weighted by Crippen LogP contribution is 2.42. The first-order valence-electron chi connectivity index (χ1n) is 8.33. The van der Waals surface area contributed by atoms with E-state index in [1.165, 1.54) is 6.42 Å². The number of esters is 2. The van der Waals surface area contributed by atoms with Crippen LogP contribution < -0.4 is 0 Å². The van der Waals surface area contributed by atoms with Crippen LogP contribution in [0.15, 0.2) is 17.5 Å². The maximum atomic E-state index is 12.2. The Kier molecular flexibility index (Phi) is 5.84. The average Bonchev–Trinajstić information content (AvgIpc) is 3.08. The minimum absolute atomic E-state index is 0.310. The number of rotatable bonds is 6. The van der Waals surface area contributed by atoms with Crippen molar-refractivity contribution in [3.63, 3.8) is 0 Å². The van der Waals surface area contributed by atoms with Crippen molar-refractivity contribution >= 4 is 23.3 Å². The minimum atomic E-state index is -0.573. The largest absolute Gasteiger partial charge is 0.453 e. The van der Waals surface area contributed by atoms with Gasteiger partial charge in [0.2, 0.25) is 0 Å². The third-order valence-electron chi connectivity index (χ3n) is 4.70. The molecule has 0 aromatic carbocycles. The molecule has 0 bridgehead atoms. The van der Waals surface area contributed by atoms with E-state index < -0.39 is 17.0 Å². The number of ether oxygens (including phenoxy) is 2. The van der Waals surface area contributed by atoms with E-state index in [-0.39, 0.29) is 12.6 Å². The summed E-state index contributed by atoms with van der Waals surface area (Å²) in [6, 6.07) is 4.00. The van der Waals surface area contributed by atoms with Gasteiger partial charge in [-0.15, -0.1) is 11.3 Å². The Balaban J connectivity index is 1.98. The van der Waals surface area contributed by atoms with Gasteiger partial charge in [-0.2, -0.15) is 0 Å². The summed E-state index contributed by atoms with van der Waals surface area (Å²) < 4.78 is 11.0. The molecular formula is C18H26O4S. The van der Waals surface area contributed by atoms with E-state index in [2.05, 4.69) is 0 Å². The highest BCUT2D eigenvalue weighted by Gasteiger charge is 2.39. The third-order valence-corrected chi connectivity index (χ3v) is 5.75. The second-order valence-electron chi connectivity index (χ2n) is 6.82. The zero-order valence-corrected chi connectivity index (χ0v) is 15.0. The van der Waals surface area contributed by atoms with Crippen molar-refractivity contribution in [2.45, 2.75) is 64.9 Å². The van der Waals surface area contributed by atoms with Crippen LogP contribution in [0.1, 0.15) is 64.2 Å². The summed E-state index contributed by atoms with van der Waals surface area (Å²) in [4.78, 5) is 25.3. The fourth-order valence-corrected chi connectivity index (χ4v) is 3.69. The molecule has 5 heteroatoms. The first kappa shape index (κ1) is 18.0. The van der Waals surface area contributed by atoms with Gasteiger partial charge in [-0.1, -0.05) is 19.4 Å². The molecule has 1 aliphatic rings. The molecule has 0 amide bonds. The van der Waals surface area contributed by atoms with Crippen LogP contribution in [-0.2, 0) is 24.7 Å². The number of carbonyl (C=O) groups is 2. The van der Waals surface area contributed by atoms with Crippen molar-refractivity contribution in [1.29, 1.82) is 0 Å². The topological polar surface area (TPSA) is 52.6 Å². The summed E-state index contributed by atoms with van der Waals surface area (Å²) in [7, 11) is 0. The molecule has 1 aromatic rings. The van der Waals surface area contributed by atoms with Crippen LogP contribution in [0.25, 0.3) is 0 Å². The van der Waals surface area contributed by atoms with Crippen molar-refractivity contribution in [1.82, 2.24) is 0 Å². The van der Waals surface area contributed by atoms with Crippen molar-refractivity contribution in [3.8, 4) is 0 Å². The Morgan fingerprint density at radius 2 is 1.96 bits per heavy atom. The molecule has 1 saturated carbocycles. The van der Waals surface area contributed by atoms with Gasteiger partial charge in [0.05, 0.1) is 5.41 Å². The lowest BCUT2D eigenvalue weighted by molar-refractivity contribution is -0.177. The van der Waals surface area contributed by atoms with Crippen molar-refractivity contribution in [2.75, 3.05) is 6.61 Å². The number of thiophene rings is 1. The molecule has 0 N–H and O–H groups in total. The van der Waals surface area contributed by atoms with Gasteiger partial charge in [-0.25, -0.2) is 4.79 Å². The lowest BCUT2D eigenvalue weighted by Crippen LogP contribution is -2.36. The standard InChI is InChI=1S/C18H26O4S/c1-4-17(2,3)16(20)21-13-15(19)22-18(10-6-5-7-11-18)14-9-8-12-23-14/h8-9,12H,4-7,10-11,13H2,1-3H3. The molecule has 1 fully saturated rings. The van der Waals surface area contributed by atoms with Crippen LogP contribution in [0.4, 0.5) is 0 Å². The lowest BCUT2D eigenvalue weighted by Gasteiger charge is -2.36. The highest BCUT2D eigenvalue weighted by molar-refractivity contribution is 7.10. The Labute approximate surface area is 142 Å². The zero-order chi connectivity index (χ0) is 16.9. The van der Waals surface area contributed by atoms with Gasteiger partial charge in [0.25, 0.3) is 0 Å². The lowest BCUT2D eigenvalue weighted by atomic mass is 9.83. The van der Waals surface area contributed by atoms with Gasteiger partial charge in [-0.3, -0.25) is 4.79 Å². The van der Waals surface area contributed by atoms with Crippen molar-refractivity contribution in [3.05, 3.63) is 22.4 Å².